The number of Topliss-reactive ketones (excluding diaryl/α,β-unsaturated/α-hetero) is 1. The first kappa shape index (κ1) is 23.8. The summed E-state index contributed by atoms with van der Waals surface area (Å²) in [5.74, 6) is -2.10. The van der Waals surface area contributed by atoms with Gasteiger partial charge in [0, 0.05) is 5.56 Å². The van der Waals surface area contributed by atoms with Crippen molar-refractivity contribution in [1.82, 2.24) is 10.0 Å². The number of benzene rings is 2. The highest BCUT2D eigenvalue weighted by Gasteiger charge is 2.16. The second-order valence-corrected chi connectivity index (χ2v) is 8.71. The third-order valence-corrected chi connectivity index (χ3v) is 5.95. The van der Waals surface area contributed by atoms with E-state index in [-0.39, 0.29) is 20.5 Å². The van der Waals surface area contributed by atoms with Gasteiger partial charge in [0.15, 0.2) is 12.4 Å². The molecule has 0 fully saturated rings. The van der Waals surface area contributed by atoms with E-state index in [4.69, 9.17) is 27.9 Å². The largest absolute Gasteiger partial charge is 0.456 e. The third-order valence-electron chi connectivity index (χ3n) is 3.79. The Morgan fingerprint density at radius 3 is 2.27 bits per heavy atom. The summed E-state index contributed by atoms with van der Waals surface area (Å²) in [6, 6.07) is 10.3. The summed E-state index contributed by atoms with van der Waals surface area (Å²) < 4.78 is 31.1. The molecule has 2 aromatic carbocycles. The molecule has 0 aliphatic rings. The molecule has 2 rings (SSSR count). The molecule has 30 heavy (non-hydrogen) atoms. The Balaban J connectivity index is 1.74. The van der Waals surface area contributed by atoms with Gasteiger partial charge in [0.25, 0.3) is 0 Å². The number of halogens is 2. The Morgan fingerprint density at radius 2 is 1.63 bits per heavy atom. The zero-order valence-electron chi connectivity index (χ0n) is 15.8. The van der Waals surface area contributed by atoms with Gasteiger partial charge in [0.05, 0.1) is 21.5 Å². The highest BCUT2D eigenvalue weighted by Crippen LogP contribution is 2.22. The van der Waals surface area contributed by atoms with Gasteiger partial charge in [0.1, 0.15) is 6.54 Å². The normalized spacial score (nSPS) is 11.0. The number of sulfonamides is 1. The Bertz CT molecular complexity index is 1060. The summed E-state index contributed by atoms with van der Waals surface area (Å²) in [4.78, 5) is 35.4. The van der Waals surface area contributed by atoms with E-state index in [0.717, 1.165) is 5.56 Å². The number of aryl methyl sites for hydroxylation is 1. The van der Waals surface area contributed by atoms with Crippen LogP contribution in [0.15, 0.2) is 47.4 Å². The van der Waals surface area contributed by atoms with Crippen molar-refractivity contribution >= 4 is 50.9 Å². The third kappa shape index (κ3) is 7.10. The SMILES string of the molecule is Cc1ccc(S(=O)(=O)NCC(=O)NCC(=O)OCC(=O)c2ccc(Cl)c(Cl)c2)cc1. The molecule has 0 heterocycles. The molecular formula is C19H18Cl2N2O6S. The Morgan fingerprint density at radius 1 is 0.967 bits per heavy atom. The molecule has 1 amide bonds. The molecule has 8 nitrogen and oxygen atoms in total. The maximum Gasteiger partial charge on any atom is 0.325 e. The molecule has 0 aliphatic carbocycles. The number of carbonyl (C=O) groups is 3. The first-order valence-corrected chi connectivity index (χ1v) is 10.8. The van der Waals surface area contributed by atoms with Gasteiger partial charge in [-0.15, -0.1) is 0 Å². The number of nitrogens with one attached hydrogen (secondary N) is 2. The van der Waals surface area contributed by atoms with Crippen LogP contribution in [0.25, 0.3) is 0 Å². The maximum atomic E-state index is 12.1. The van der Waals surface area contributed by atoms with Gasteiger partial charge in [-0.1, -0.05) is 40.9 Å². The lowest BCUT2D eigenvalue weighted by molar-refractivity contribution is -0.142. The zero-order valence-corrected chi connectivity index (χ0v) is 18.1. The van der Waals surface area contributed by atoms with Crippen molar-refractivity contribution in [3.63, 3.8) is 0 Å². The summed E-state index contributed by atoms with van der Waals surface area (Å²) in [5, 5.41) is 2.68. The molecule has 0 bridgehead atoms. The average molecular weight is 473 g/mol. The molecule has 0 aromatic heterocycles. The quantitative estimate of drug-likeness (QED) is 0.426. The summed E-state index contributed by atoms with van der Waals surface area (Å²) in [5.41, 5.74) is 1.11. The van der Waals surface area contributed by atoms with Crippen LogP contribution >= 0.6 is 23.2 Å². The average Bonchev–Trinajstić information content (AvgIpc) is 2.71. The van der Waals surface area contributed by atoms with E-state index in [1.807, 2.05) is 6.92 Å². The van der Waals surface area contributed by atoms with E-state index < -0.39 is 47.4 Å². The monoisotopic (exact) mass is 472 g/mol. The summed E-state index contributed by atoms with van der Waals surface area (Å²) in [7, 11) is -3.86. The fourth-order valence-electron chi connectivity index (χ4n) is 2.14. The van der Waals surface area contributed by atoms with Crippen molar-refractivity contribution in [2.45, 2.75) is 11.8 Å². The fourth-order valence-corrected chi connectivity index (χ4v) is 3.42. The first-order chi connectivity index (χ1) is 14.1. The van der Waals surface area contributed by atoms with Gasteiger partial charge in [-0.3, -0.25) is 14.4 Å². The van der Waals surface area contributed by atoms with Crippen LogP contribution in [-0.2, 0) is 24.3 Å². The van der Waals surface area contributed by atoms with Crippen molar-refractivity contribution in [1.29, 1.82) is 0 Å². The lowest BCUT2D eigenvalue weighted by atomic mass is 10.1. The number of ketones is 1. The van der Waals surface area contributed by atoms with Crippen LogP contribution in [0.1, 0.15) is 15.9 Å². The minimum absolute atomic E-state index is 0.0149. The highest BCUT2D eigenvalue weighted by atomic mass is 35.5. The molecular weight excluding hydrogens is 455 g/mol. The number of amides is 1. The number of ether oxygens (including phenoxy) is 1. The van der Waals surface area contributed by atoms with Gasteiger partial charge < -0.3 is 10.1 Å². The van der Waals surface area contributed by atoms with Crippen LogP contribution in [0, 0.1) is 6.92 Å². The molecule has 0 saturated carbocycles. The van der Waals surface area contributed by atoms with Gasteiger partial charge in [-0.05, 0) is 37.3 Å². The van der Waals surface area contributed by atoms with Gasteiger partial charge in [-0.25, -0.2) is 13.1 Å². The van der Waals surface area contributed by atoms with Crippen molar-refractivity contribution in [2.75, 3.05) is 19.7 Å². The second kappa shape index (κ2) is 10.5. The molecule has 11 heteroatoms. The zero-order chi connectivity index (χ0) is 22.3. The van der Waals surface area contributed by atoms with E-state index in [1.54, 1.807) is 12.1 Å². The summed E-state index contributed by atoms with van der Waals surface area (Å²) >= 11 is 11.6. The number of rotatable bonds is 9. The predicted octanol–water partition coefficient (Wildman–Crippen LogP) is 2.12. The van der Waals surface area contributed by atoms with E-state index in [1.165, 1.54) is 30.3 Å². The Labute approximate surface area is 183 Å². The lowest BCUT2D eigenvalue weighted by Crippen LogP contribution is -2.39. The molecule has 160 valence electrons. The molecule has 0 atom stereocenters. The highest BCUT2D eigenvalue weighted by molar-refractivity contribution is 7.89. The molecule has 2 aromatic rings. The molecule has 2 N–H and O–H groups in total. The van der Waals surface area contributed by atoms with Crippen molar-refractivity contribution in [2.24, 2.45) is 0 Å². The number of esters is 1. The topological polar surface area (TPSA) is 119 Å². The summed E-state index contributed by atoms with van der Waals surface area (Å²) in [6.45, 7) is 0.173. The molecule has 0 saturated heterocycles. The Hall–Kier alpha value is -2.46. The van der Waals surface area contributed by atoms with Crippen LogP contribution in [0.5, 0.6) is 0 Å². The predicted molar refractivity (Wildman–Crippen MR) is 111 cm³/mol. The van der Waals surface area contributed by atoms with Gasteiger partial charge in [0.2, 0.25) is 15.9 Å². The van der Waals surface area contributed by atoms with Crippen molar-refractivity contribution in [3.8, 4) is 0 Å². The summed E-state index contributed by atoms with van der Waals surface area (Å²) in [6.07, 6.45) is 0. The molecule has 0 radical (unpaired) electrons. The smallest absolute Gasteiger partial charge is 0.325 e. The van der Waals surface area contributed by atoms with Gasteiger partial charge in [-0.2, -0.15) is 0 Å². The molecule has 0 unspecified atom stereocenters. The van der Waals surface area contributed by atoms with Crippen LogP contribution in [0.3, 0.4) is 0 Å². The molecule has 0 spiro atoms. The van der Waals surface area contributed by atoms with E-state index in [0.29, 0.717) is 0 Å². The van der Waals surface area contributed by atoms with Crippen molar-refractivity contribution in [3.05, 3.63) is 63.6 Å². The second-order valence-electron chi connectivity index (χ2n) is 6.13. The van der Waals surface area contributed by atoms with Crippen LogP contribution in [0.2, 0.25) is 10.0 Å². The number of hydrogen-bond donors (Lipinski definition) is 2. The molecule has 0 aliphatic heterocycles. The van der Waals surface area contributed by atoms with Crippen LogP contribution in [0.4, 0.5) is 0 Å². The lowest BCUT2D eigenvalue weighted by Gasteiger charge is -2.08. The first-order valence-electron chi connectivity index (χ1n) is 8.55. The van der Waals surface area contributed by atoms with Crippen molar-refractivity contribution < 1.29 is 27.5 Å². The van der Waals surface area contributed by atoms with E-state index in [2.05, 4.69) is 10.0 Å². The Kier molecular flexibility index (Phi) is 8.36. The minimum atomic E-state index is -3.86. The fraction of sp³-hybridized carbons (Fsp3) is 0.211. The van der Waals surface area contributed by atoms with Crippen LogP contribution < -0.4 is 10.0 Å². The standard InChI is InChI=1S/C19H18Cl2N2O6S/c1-12-2-5-14(6-3-12)30(27,28)23-9-18(25)22-10-19(26)29-11-17(24)13-4-7-15(20)16(21)8-13/h2-8,23H,9-11H2,1H3,(H,22,25). The van der Waals surface area contributed by atoms with E-state index in [9.17, 15) is 22.8 Å². The van der Waals surface area contributed by atoms with E-state index >= 15 is 0 Å². The number of carbonyl (C=O) groups excluding carboxylic acids is 3. The number of hydrogen-bond acceptors (Lipinski definition) is 6. The van der Waals surface area contributed by atoms with Gasteiger partial charge >= 0.3 is 5.97 Å². The van der Waals surface area contributed by atoms with Crippen LogP contribution in [-0.4, -0.2) is 45.8 Å². The maximum absolute atomic E-state index is 12.1. The minimum Gasteiger partial charge on any atom is -0.456 e.